The Bertz CT molecular complexity index is 484. The number of hydrogen-bond donors (Lipinski definition) is 1. The lowest BCUT2D eigenvalue weighted by Crippen LogP contribution is -1.99. The zero-order valence-corrected chi connectivity index (χ0v) is 9.54. The molecule has 0 aromatic heterocycles. The molecule has 0 aliphatic rings. The van der Waals surface area contributed by atoms with Crippen LogP contribution in [-0.4, -0.2) is 10.4 Å². The van der Waals surface area contributed by atoms with Crippen LogP contribution in [0.25, 0.3) is 10.8 Å². The van der Waals surface area contributed by atoms with Gasteiger partial charge < -0.3 is 5.11 Å². The van der Waals surface area contributed by atoms with Crippen LogP contribution in [0, 0.1) is 5.82 Å². The summed E-state index contributed by atoms with van der Waals surface area (Å²) in [5.41, 5.74) is 0.754. The molecule has 1 nitrogen and oxygen atoms in total. The number of benzene rings is 2. The molecule has 0 spiro atoms. The van der Waals surface area contributed by atoms with Crippen molar-refractivity contribution < 1.29 is 9.50 Å². The van der Waals surface area contributed by atoms with Crippen LogP contribution >= 0.6 is 15.9 Å². The molecule has 1 unspecified atom stereocenters. The highest BCUT2D eigenvalue weighted by atomic mass is 79.9. The molecular weight excluding hydrogens is 259 g/mol. The summed E-state index contributed by atoms with van der Waals surface area (Å²) < 4.78 is 13.4. The summed E-state index contributed by atoms with van der Waals surface area (Å²) in [6, 6.07) is 10.2. The predicted molar refractivity (Wildman–Crippen MR) is 62.7 cm³/mol. The van der Waals surface area contributed by atoms with E-state index in [1.165, 1.54) is 6.07 Å². The Hall–Kier alpha value is -0.930. The van der Waals surface area contributed by atoms with Crippen LogP contribution in [0.5, 0.6) is 0 Å². The highest BCUT2D eigenvalue weighted by molar-refractivity contribution is 9.09. The Morgan fingerprint density at radius 3 is 2.47 bits per heavy atom. The summed E-state index contributed by atoms with van der Waals surface area (Å²) in [5.74, 6) is -0.254. The molecule has 0 saturated carbocycles. The maximum absolute atomic E-state index is 13.4. The maximum Gasteiger partial charge on any atom is 0.131 e. The van der Waals surface area contributed by atoms with E-state index >= 15 is 0 Å². The van der Waals surface area contributed by atoms with Crippen LogP contribution in [0.1, 0.15) is 11.7 Å². The minimum Gasteiger partial charge on any atom is -0.388 e. The van der Waals surface area contributed by atoms with E-state index in [-0.39, 0.29) is 5.82 Å². The molecule has 0 saturated heterocycles. The van der Waals surface area contributed by atoms with Crippen LogP contribution < -0.4 is 0 Å². The molecule has 2 rings (SSSR count). The van der Waals surface area contributed by atoms with Crippen molar-refractivity contribution in [2.75, 3.05) is 5.33 Å². The van der Waals surface area contributed by atoms with Crippen molar-refractivity contribution >= 4 is 26.7 Å². The van der Waals surface area contributed by atoms with Gasteiger partial charge in [-0.25, -0.2) is 4.39 Å². The number of hydrogen-bond acceptors (Lipinski definition) is 1. The Balaban J connectivity index is 2.71. The number of aliphatic hydroxyl groups excluding tert-OH is 1. The van der Waals surface area contributed by atoms with Crippen molar-refractivity contribution in [1.82, 2.24) is 0 Å². The van der Waals surface area contributed by atoms with E-state index in [1.54, 1.807) is 18.2 Å². The van der Waals surface area contributed by atoms with Crippen LogP contribution in [0.2, 0.25) is 0 Å². The fourth-order valence-electron chi connectivity index (χ4n) is 1.66. The molecule has 1 atom stereocenters. The van der Waals surface area contributed by atoms with Gasteiger partial charge in [0.1, 0.15) is 5.82 Å². The van der Waals surface area contributed by atoms with Gasteiger partial charge in [0, 0.05) is 10.7 Å². The molecule has 2 aromatic rings. The maximum atomic E-state index is 13.4. The highest BCUT2D eigenvalue weighted by Gasteiger charge is 2.11. The van der Waals surface area contributed by atoms with Crippen molar-refractivity contribution in [2.45, 2.75) is 6.10 Å². The predicted octanol–water partition coefficient (Wildman–Crippen LogP) is 3.41. The second-order valence-corrected chi connectivity index (χ2v) is 4.00. The number of rotatable bonds is 2. The topological polar surface area (TPSA) is 20.2 Å². The van der Waals surface area contributed by atoms with Gasteiger partial charge in [-0.1, -0.05) is 46.3 Å². The highest BCUT2D eigenvalue weighted by Crippen LogP contribution is 2.27. The number of alkyl halides is 1. The summed E-state index contributed by atoms with van der Waals surface area (Å²) in [5, 5.41) is 11.5. The zero-order chi connectivity index (χ0) is 10.8. The molecule has 78 valence electrons. The summed E-state index contributed by atoms with van der Waals surface area (Å²) in [6.45, 7) is 0. The largest absolute Gasteiger partial charge is 0.388 e. The van der Waals surface area contributed by atoms with Gasteiger partial charge in [-0.05, 0) is 17.0 Å². The SMILES string of the molecule is OC(CBr)c1ccc(F)c2ccccc12. The standard InChI is InChI=1S/C12H10BrFO/c13-7-12(15)10-5-6-11(14)9-4-2-1-3-8(9)10/h1-6,12,15H,7H2. The van der Waals surface area contributed by atoms with Crippen molar-refractivity contribution in [3.05, 3.63) is 47.8 Å². The van der Waals surface area contributed by atoms with Crippen LogP contribution in [0.3, 0.4) is 0 Å². The molecule has 0 fully saturated rings. The molecular formula is C12H10BrFO. The van der Waals surface area contributed by atoms with Crippen molar-refractivity contribution in [2.24, 2.45) is 0 Å². The van der Waals surface area contributed by atoms with Gasteiger partial charge in [0.2, 0.25) is 0 Å². The summed E-state index contributed by atoms with van der Waals surface area (Å²) in [7, 11) is 0. The quantitative estimate of drug-likeness (QED) is 0.828. The summed E-state index contributed by atoms with van der Waals surface area (Å²) in [4.78, 5) is 0. The van der Waals surface area contributed by atoms with E-state index in [2.05, 4.69) is 15.9 Å². The molecule has 0 heterocycles. The smallest absolute Gasteiger partial charge is 0.131 e. The van der Waals surface area contributed by atoms with Gasteiger partial charge in [0.25, 0.3) is 0 Å². The second kappa shape index (κ2) is 4.29. The number of aliphatic hydroxyl groups is 1. The first-order valence-corrected chi connectivity index (χ1v) is 5.77. The molecule has 0 radical (unpaired) electrons. The number of fused-ring (bicyclic) bond motifs is 1. The lowest BCUT2D eigenvalue weighted by atomic mass is 10.0. The average molecular weight is 269 g/mol. The third-order valence-electron chi connectivity index (χ3n) is 2.41. The van der Waals surface area contributed by atoms with E-state index in [1.807, 2.05) is 12.1 Å². The molecule has 1 N–H and O–H groups in total. The van der Waals surface area contributed by atoms with E-state index in [4.69, 9.17) is 0 Å². The minimum absolute atomic E-state index is 0.254. The monoisotopic (exact) mass is 268 g/mol. The Morgan fingerprint density at radius 1 is 1.13 bits per heavy atom. The van der Waals surface area contributed by atoms with E-state index in [0.29, 0.717) is 10.7 Å². The third-order valence-corrected chi connectivity index (χ3v) is 3.02. The first kappa shape index (κ1) is 10.6. The molecule has 15 heavy (non-hydrogen) atoms. The van der Waals surface area contributed by atoms with Crippen LogP contribution in [0.15, 0.2) is 36.4 Å². The summed E-state index contributed by atoms with van der Waals surface area (Å²) in [6.07, 6.45) is -0.601. The van der Waals surface area contributed by atoms with Crippen molar-refractivity contribution in [3.63, 3.8) is 0 Å². The molecule has 0 aliphatic heterocycles. The van der Waals surface area contributed by atoms with E-state index in [0.717, 1.165) is 10.9 Å². The average Bonchev–Trinajstić information content (AvgIpc) is 2.29. The van der Waals surface area contributed by atoms with Gasteiger partial charge in [-0.15, -0.1) is 0 Å². The Morgan fingerprint density at radius 2 is 1.80 bits per heavy atom. The minimum atomic E-state index is -0.601. The lowest BCUT2D eigenvalue weighted by molar-refractivity contribution is 0.207. The molecule has 0 bridgehead atoms. The van der Waals surface area contributed by atoms with Crippen molar-refractivity contribution in [3.8, 4) is 0 Å². The fourth-order valence-corrected chi connectivity index (χ4v) is 2.01. The lowest BCUT2D eigenvalue weighted by Gasteiger charge is -2.11. The normalized spacial score (nSPS) is 13.0. The number of halogens is 2. The Kier molecular flexibility index (Phi) is 3.03. The molecule has 3 heteroatoms. The van der Waals surface area contributed by atoms with Gasteiger partial charge in [-0.3, -0.25) is 0 Å². The molecule has 2 aromatic carbocycles. The summed E-state index contributed by atoms with van der Waals surface area (Å²) >= 11 is 3.21. The van der Waals surface area contributed by atoms with E-state index in [9.17, 15) is 9.50 Å². The molecule has 0 aliphatic carbocycles. The second-order valence-electron chi connectivity index (χ2n) is 3.35. The third kappa shape index (κ3) is 1.90. The molecule has 0 amide bonds. The fraction of sp³-hybridized carbons (Fsp3) is 0.167. The zero-order valence-electron chi connectivity index (χ0n) is 7.95. The van der Waals surface area contributed by atoms with E-state index < -0.39 is 6.10 Å². The van der Waals surface area contributed by atoms with Crippen LogP contribution in [0.4, 0.5) is 4.39 Å². The Labute approximate surface area is 95.7 Å². The van der Waals surface area contributed by atoms with Gasteiger partial charge >= 0.3 is 0 Å². The van der Waals surface area contributed by atoms with Gasteiger partial charge in [-0.2, -0.15) is 0 Å². The van der Waals surface area contributed by atoms with Crippen LogP contribution in [-0.2, 0) is 0 Å². The van der Waals surface area contributed by atoms with Crippen molar-refractivity contribution in [1.29, 1.82) is 0 Å². The van der Waals surface area contributed by atoms with Gasteiger partial charge in [0.05, 0.1) is 6.10 Å². The first-order chi connectivity index (χ1) is 7.24. The first-order valence-electron chi connectivity index (χ1n) is 4.65. The van der Waals surface area contributed by atoms with Gasteiger partial charge in [0.15, 0.2) is 0 Å².